The van der Waals surface area contributed by atoms with E-state index >= 15 is 0 Å². The minimum absolute atomic E-state index is 0.180. The lowest BCUT2D eigenvalue weighted by atomic mass is 9.96. The SMILES string of the molecule is O=C(NC[C@@]1(O)CCc2ccccc21)c1cc2ccccc2o1. The monoisotopic (exact) mass is 307 g/mol. The Labute approximate surface area is 133 Å². The number of carbonyl (C=O) groups is 1. The summed E-state index contributed by atoms with van der Waals surface area (Å²) in [6.45, 7) is 0.180. The largest absolute Gasteiger partial charge is 0.451 e. The highest BCUT2D eigenvalue weighted by Gasteiger charge is 2.36. The van der Waals surface area contributed by atoms with Crippen LogP contribution in [-0.2, 0) is 12.0 Å². The number of rotatable bonds is 3. The maximum absolute atomic E-state index is 12.3. The van der Waals surface area contributed by atoms with Crippen LogP contribution in [0, 0.1) is 0 Å². The average Bonchev–Trinajstić information content (AvgIpc) is 3.15. The Morgan fingerprint density at radius 3 is 2.83 bits per heavy atom. The van der Waals surface area contributed by atoms with E-state index in [-0.39, 0.29) is 18.2 Å². The molecule has 1 amide bonds. The lowest BCUT2D eigenvalue weighted by Crippen LogP contribution is -2.39. The first-order valence-corrected chi connectivity index (χ1v) is 7.73. The van der Waals surface area contributed by atoms with Gasteiger partial charge in [0.05, 0.1) is 6.54 Å². The van der Waals surface area contributed by atoms with E-state index in [1.165, 1.54) is 0 Å². The first kappa shape index (κ1) is 14.0. The van der Waals surface area contributed by atoms with Crippen LogP contribution in [-0.4, -0.2) is 17.6 Å². The molecule has 1 atom stereocenters. The molecule has 4 rings (SSSR count). The molecule has 1 aliphatic carbocycles. The van der Waals surface area contributed by atoms with E-state index in [9.17, 15) is 9.90 Å². The van der Waals surface area contributed by atoms with Crippen molar-refractivity contribution in [3.05, 3.63) is 71.5 Å². The van der Waals surface area contributed by atoms with E-state index in [0.29, 0.717) is 12.0 Å². The van der Waals surface area contributed by atoms with Gasteiger partial charge < -0.3 is 14.8 Å². The van der Waals surface area contributed by atoms with Crippen molar-refractivity contribution in [2.45, 2.75) is 18.4 Å². The fraction of sp³-hybridized carbons (Fsp3) is 0.211. The zero-order chi connectivity index (χ0) is 15.9. The summed E-state index contributed by atoms with van der Waals surface area (Å²) < 4.78 is 5.55. The van der Waals surface area contributed by atoms with E-state index < -0.39 is 5.60 Å². The van der Waals surface area contributed by atoms with Gasteiger partial charge in [-0.25, -0.2) is 0 Å². The summed E-state index contributed by atoms with van der Waals surface area (Å²) in [4.78, 5) is 12.3. The molecule has 0 bridgehead atoms. The smallest absolute Gasteiger partial charge is 0.287 e. The van der Waals surface area contributed by atoms with Gasteiger partial charge in [0.2, 0.25) is 0 Å². The van der Waals surface area contributed by atoms with Gasteiger partial charge in [0.25, 0.3) is 5.91 Å². The quantitative estimate of drug-likeness (QED) is 0.782. The second-order valence-electron chi connectivity index (χ2n) is 6.02. The maximum Gasteiger partial charge on any atom is 0.287 e. The van der Waals surface area contributed by atoms with Gasteiger partial charge in [0.15, 0.2) is 5.76 Å². The molecular weight excluding hydrogens is 290 g/mol. The Kier molecular flexibility index (Phi) is 3.20. The van der Waals surface area contributed by atoms with Gasteiger partial charge in [-0.2, -0.15) is 0 Å². The number of benzene rings is 2. The van der Waals surface area contributed by atoms with Gasteiger partial charge in [0.1, 0.15) is 11.2 Å². The zero-order valence-electron chi connectivity index (χ0n) is 12.6. The molecule has 1 aliphatic rings. The molecule has 0 unspecified atom stereocenters. The number of amides is 1. The van der Waals surface area contributed by atoms with Crippen molar-refractivity contribution in [2.75, 3.05) is 6.54 Å². The molecule has 23 heavy (non-hydrogen) atoms. The fourth-order valence-electron chi connectivity index (χ4n) is 3.26. The third kappa shape index (κ3) is 2.41. The molecule has 3 aromatic rings. The van der Waals surface area contributed by atoms with Gasteiger partial charge in [-0.15, -0.1) is 0 Å². The average molecular weight is 307 g/mol. The Morgan fingerprint density at radius 2 is 1.96 bits per heavy atom. The third-order valence-corrected chi connectivity index (χ3v) is 4.52. The molecule has 0 saturated heterocycles. The predicted molar refractivity (Wildman–Crippen MR) is 87.2 cm³/mol. The second kappa shape index (κ2) is 5.25. The Balaban J connectivity index is 1.52. The summed E-state index contributed by atoms with van der Waals surface area (Å²) in [5, 5.41) is 14.5. The molecule has 1 aromatic heterocycles. The maximum atomic E-state index is 12.3. The van der Waals surface area contributed by atoms with Crippen LogP contribution in [0.5, 0.6) is 0 Å². The summed E-state index contributed by atoms with van der Waals surface area (Å²) in [5.41, 5.74) is 1.73. The minimum Gasteiger partial charge on any atom is -0.451 e. The van der Waals surface area contributed by atoms with Crippen LogP contribution in [0.3, 0.4) is 0 Å². The molecule has 0 spiro atoms. The van der Waals surface area contributed by atoms with E-state index in [2.05, 4.69) is 5.32 Å². The summed E-state index contributed by atoms with van der Waals surface area (Å²) in [7, 11) is 0. The van der Waals surface area contributed by atoms with Gasteiger partial charge >= 0.3 is 0 Å². The number of aryl methyl sites for hydroxylation is 1. The van der Waals surface area contributed by atoms with Crippen LogP contribution >= 0.6 is 0 Å². The molecule has 0 fully saturated rings. The van der Waals surface area contributed by atoms with Gasteiger partial charge in [0, 0.05) is 5.39 Å². The number of carbonyl (C=O) groups excluding carboxylic acids is 1. The first-order chi connectivity index (χ1) is 11.2. The molecular formula is C19H17NO3. The first-order valence-electron chi connectivity index (χ1n) is 7.73. The number of aliphatic hydroxyl groups is 1. The Hall–Kier alpha value is -2.59. The third-order valence-electron chi connectivity index (χ3n) is 4.52. The molecule has 1 heterocycles. The summed E-state index contributed by atoms with van der Waals surface area (Å²) in [6.07, 6.45) is 1.44. The summed E-state index contributed by atoms with van der Waals surface area (Å²) >= 11 is 0. The van der Waals surface area contributed by atoms with E-state index in [1.54, 1.807) is 6.07 Å². The number of hydrogen-bond donors (Lipinski definition) is 2. The van der Waals surface area contributed by atoms with Crippen molar-refractivity contribution in [1.82, 2.24) is 5.32 Å². The molecule has 0 aliphatic heterocycles. The van der Waals surface area contributed by atoms with Gasteiger partial charge in [-0.3, -0.25) is 4.79 Å². The number of para-hydroxylation sites is 1. The van der Waals surface area contributed by atoms with Crippen LogP contribution in [0.4, 0.5) is 0 Å². The molecule has 0 saturated carbocycles. The van der Waals surface area contributed by atoms with Crippen molar-refractivity contribution in [1.29, 1.82) is 0 Å². The molecule has 4 nitrogen and oxygen atoms in total. The normalized spacial score (nSPS) is 19.7. The van der Waals surface area contributed by atoms with E-state index in [1.807, 2.05) is 48.5 Å². The molecule has 116 valence electrons. The fourth-order valence-corrected chi connectivity index (χ4v) is 3.26. The van der Waals surface area contributed by atoms with Crippen LogP contribution < -0.4 is 5.32 Å². The summed E-state index contributed by atoms with van der Waals surface area (Å²) in [5.74, 6) is -0.0416. The molecule has 2 N–H and O–H groups in total. The van der Waals surface area contributed by atoms with Crippen LogP contribution in [0.25, 0.3) is 11.0 Å². The molecule has 2 aromatic carbocycles. The van der Waals surface area contributed by atoms with Crippen molar-refractivity contribution in [3.8, 4) is 0 Å². The Bertz CT molecular complexity index is 850. The topological polar surface area (TPSA) is 62.5 Å². The van der Waals surface area contributed by atoms with Crippen molar-refractivity contribution < 1.29 is 14.3 Å². The zero-order valence-corrected chi connectivity index (χ0v) is 12.6. The van der Waals surface area contributed by atoms with Crippen LogP contribution in [0.15, 0.2) is 59.0 Å². The van der Waals surface area contributed by atoms with E-state index in [4.69, 9.17) is 4.42 Å². The Morgan fingerprint density at radius 1 is 1.17 bits per heavy atom. The molecule has 0 radical (unpaired) electrons. The standard InChI is InChI=1S/C19H17NO3/c21-18(17-11-14-6-2-4-8-16(14)23-17)20-12-19(22)10-9-13-5-1-3-7-15(13)19/h1-8,11,22H,9-10,12H2,(H,20,21)/t19-/m0/s1. The minimum atomic E-state index is -1.00. The van der Waals surface area contributed by atoms with Gasteiger partial charge in [-0.1, -0.05) is 42.5 Å². The van der Waals surface area contributed by atoms with Crippen LogP contribution in [0.1, 0.15) is 28.1 Å². The van der Waals surface area contributed by atoms with Crippen molar-refractivity contribution >= 4 is 16.9 Å². The highest BCUT2D eigenvalue weighted by molar-refractivity contribution is 5.96. The van der Waals surface area contributed by atoms with Crippen molar-refractivity contribution in [3.63, 3.8) is 0 Å². The van der Waals surface area contributed by atoms with Crippen LogP contribution in [0.2, 0.25) is 0 Å². The number of fused-ring (bicyclic) bond motifs is 2. The number of nitrogens with one attached hydrogen (secondary N) is 1. The lowest BCUT2D eigenvalue weighted by Gasteiger charge is -2.24. The summed E-state index contributed by atoms with van der Waals surface area (Å²) in [6, 6.07) is 17.0. The highest BCUT2D eigenvalue weighted by Crippen LogP contribution is 2.36. The number of hydrogen-bond acceptors (Lipinski definition) is 3. The van der Waals surface area contributed by atoms with Crippen molar-refractivity contribution in [2.24, 2.45) is 0 Å². The molecule has 4 heteroatoms. The highest BCUT2D eigenvalue weighted by atomic mass is 16.3. The lowest BCUT2D eigenvalue weighted by molar-refractivity contribution is 0.0365. The van der Waals surface area contributed by atoms with Gasteiger partial charge in [-0.05, 0) is 36.1 Å². The predicted octanol–water partition coefficient (Wildman–Crippen LogP) is 3.00. The van der Waals surface area contributed by atoms with E-state index in [0.717, 1.165) is 22.9 Å². The second-order valence-corrected chi connectivity index (χ2v) is 6.02. The number of furan rings is 1.